The summed E-state index contributed by atoms with van der Waals surface area (Å²) in [5.41, 5.74) is -0.0320. The molecule has 158 valence electrons. The Morgan fingerprint density at radius 2 is 1.31 bits per heavy atom. The van der Waals surface area contributed by atoms with Gasteiger partial charge in [-0.1, -0.05) is 60.7 Å². The maximum absolute atomic E-state index is 13.8. The molecule has 1 unspecified atom stereocenters. The number of carbonyl (C=O) groups excluding carboxylic acids is 1. The van der Waals surface area contributed by atoms with Crippen molar-refractivity contribution in [1.82, 2.24) is 0 Å². The quantitative estimate of drug-likeness (QED) is 0.374. The van der Waals surface area contributed by atoms with E-state index in [1.807, 2.05) is 0 Å². The molecule has 1 atom stereocenters. The molecule has 0 saturated carbocycles. The predicted molar refractivity (Wildman–Crippen MR) is 86.8 cm³/mol. The molecule has 0 heterocycles. The van der Waals surface area contributed by atoms with Crippen LogP contribution in [0.4, 0.5) is 35.1 Å². The minimum Gasteiger partial charge on any atom is -0.359 e. The Bertz CT molecular complexity index is 809. The zero-order valence-corrected chi connectivity index (χ0v) is 14.5. The van der Waals surface area contributed by atoms with Crippen molar-refractivity contribution >= 4 is 5.78 Å². The molecule has 2 aromatic rings. The monoisotopic (exact) mass is 426 g/mol. The summed E-state index contributed by atoms with van der Waals surface area (Å²) in [6.45, 7) is -2.39. The number of halogens is 8. The van der Waals surface area contributed by atoms with Gasteiger partial charge in [0.15, 0.2) is 5.78 Å². The van der Waals surface area contributed by atoms with Crippen LogP contribution in [0.1, 0.15) is 22.0 Å². The summed E-state index contributed by atoms with van der Waals surface area (Å²) in [6.07, 6.45) is -6.88. The topological polar surface area (TPSA) is 26.3 Å². The average Bonchev–Trinajstić information content (AvgIpc) is 2.69. The van der Waals surface area contributed by atoms with Crippen LogP contribution in [0.15, 0.2) is 60.7 Å². The molecule has 0 spiro atoms. The van der Waals surface area contributed by atoms with Gasteiger partial charge in [-0.2, -0.15) is 26.3 Å². The van der Waals surface area contributed by atoms with Crippen molar-refractivity contribution in [2.75, 3.05) is 6.61 Å². The van der Waals surface area contributed by atoms with E-state index in [0.717, 1.165) is 0 Å². The zero-order valence-electron chi connectivity index (χ0n) is 14.5. The lowest BCUT2D eigenvalue weighted by Gasteiger charge is -2.32. The molecule has 0 radical (unpaired) electrons. The first-order valence-electron chi connectivity index (χ1n) is 8.09. The van der Waals surface area contributed by atoms with Crippen LogP contribution in [0, 0.1) is 0 Å². The number of alkyl halides is 8. The fourth-order valence-corrected chi connectivity index (χ4v) is 2.36. The summed E-state index contributed by atoms with van der Waals surface area (Å²) in [5.74, 6) is -19.3. The van der Waals surface area contributed by atoms with Crippen LogP contribution in [-0.2, 0) is 4.74 Å². The second-order valence-corrected chi connectivity index (χ2v) is 6.03. The predicted octanol–water partition coefficient (Wildman–Crippen LogP) is 5.80. The fourth-order valence-electron chi connectivity index (χ4n) is 2.36. The van der Waals surface area contributed by atoms with E-state index < -0.39 is 42.7 Å². The van der Waals surface area contributed by atoms with Crippen molar-refractivity contribution in [3.05, 3.63) is 71.8 Å². The van der Waals surface area contributed by atoms with Crippen LogP contribution in [0.25, 0.3) is 0 Å². The molecule has 2 aromatic carbocycles. The van der Waals surface area contributed by atoms with Gasteiger partial charge in [0, 0.05) is 5.56 Å². The molecule has 0 saturated heterocycles. The summed E-state index contributed by atoms with van der Waals surface area (Å²) >= 11 is 0. The highest BCUT2D eigenvalue weighted by Crippen LogP contribution is 2.49. The van der Waals surface area contributed by atoms with Crippen LogP contribution >= 0.6 is 0 Å². The van der Waals surface area contributed by atoms with Crippen LogP contribution in [0.2, 0.25) is 0 Å². The molecule has 2 nitrogen and oxygen atoms in total. The van der Waals surface area contributed by atoms with Gasteiger partial charge in [0.25, 0.3) is 0 Å². The Kier molecular flexibility index (Phi) is 6.67. The van der Waals surface area contributed by atoms with Gasteiger partial charge < -0.3 is 4.74 Å². The first-order chi connectivity index (χ1) is 13.4. The van der Waals surface area contributed by atoms with Gasteiger partial charge >= 0.3 is 24.2 Å². The van der Waals surface area contributed by atoms with E-state index in [9.17, 15) is 39.9 Å². The number of Topliss-reactive ketones (excluding diaryl/α,β-unsaturated/α-hetero) is 1. The average molecular weight is 426 g/mol. The fraction of sp³-hybridized carbons (Fsp3) is 0.316. The second kappa shape index (κ2) is 8.48. The summed E-state index contributed by atoms with van der Waals surface area (Å²) in [5, 5.41) is 0. The third-order valence-electron chi connectivity index (χ3n) is 3.98. The van der Waals surface area contributed by atoms with Crippen molar-refractivity contribution in [2.45, 2.75) is 30.3 Å². The van der Waals surface area contributed by atoms with Crippen molar-refractivity contribution in [3.8, 4) is 0 Å². The molecule has 0 bridgehead atoms. The summed E-state index contributed by atoms with van der Waals surface area (Å²) in [6, 6.07) is 13.9. The van der Waals surface area contributed by atoms with E-state index in [1.165, 1.54) is 54.6 Å². The van der Waals surface area contributed by atoms with Crippen LogP contribution in [0.3, 0.4) is 0 Å². The van der Waals surface area contributed by atoms with Gasteiger partial charge in [0.2, 0.25) is 0 Å². The molecule has 0 aliphatic carbocycles. The van der Waals surface area contributed by atoms with E-state index in [4.69, 9.17) is 0 Å². The van der Waals surface area contributed by atoms with E-state index in [-0.39, 0.29) is 11.1 Å². The molecule has 0 aliphatic rings. The van der Waals surface area contributed by atoms with Crippen molar-refractivity contribution < 1.29 is 44.7 Å². The van der Waals surface area contributed by atoms with Crippen molar-refractivity contribution in [2.24, 2.45) is 0 Å². The smallest absolute Gasteiger partial charge is 0.359 e. The SMILES string of the molecule is O=C(c1ccccc1)C(OCC(F)(F)C(F)(F)C(F)(F)C(F)F)c1ccccc1. The number of benzene rings is 2. The molecule has 0 aromatic heterocycles. The number of ketones is 1. The van der Waals surface area contributed by atoms with Crippen molar-refractivity contribution in [3.63, 3.8) is 0 Å². The van der Waals surface area contributed by atoms with Crippen LogP contribution in [-0.4, -0.2) is 36.6 Å². The highest BCUT2D eigenvalue weighted by atomic mass is 19.4. The number of carbonyl (C=O) groups is 1. The maximum Gasteiger partial charge on any atom is 0.380 e. The minimum atomic E-state index is -6.41. The maximum atomic E-state index is 13.8. The Labute approximate surface area is 160 Å². The lowest BCUT2D eigenvalue weighted by Crippen LogP contribution is -2.59. The van der Waals surface area contributed by atoms with Crippen LogP contribution in [0.5, 0.6) is 0 Å². The number of hydrogen-bond acceptors (Lipinski definition) is 2. The van der Waals surface area contributed by atoms with Gasteiger partial charge in [-0.3, -0.25) is 4.79 Å². The summed E-state index contributed by atoms with van der Waals surface area (Å²) in [7, 11) is 0. The molecule has 0 amide bonds. The van der Waals surface area contributed by atoms with E-state index in [0.29, 0.717) is 0 Å². The third kappa shape index (κ3) is 4.58. The van der Waals surface area contributed by atoms with E-state index in [1.54, 1.807) is 6.07 Å². The van der Waals surface area contributed by atoms with E-state index >= 15 is 0 Å². The normalized spacial score (nSPS) is 14.1. The van der Waals surface area contributed by atoms with E-state index in [2.05, 4.69) is 4.74 Å². The Morgan fingerprint density at radius 1 is 0.828 bits per heavy atom. The number of ether oxygens (including phenoxy) is 1. The van der Waals surface area contributed by atoms with Gasteiger partial charge in [-0.05, 0) is 5.56 Å². The standard InChI is InChI=1S/C19H14F8O2/c20-16(21)18(24,25)19(26,27)17(22,23)11-29-15(13-9-5-2-6-10-13)14(28)12-7-3-1-4-8-12/h1-10,15-16H,11H2. The molecule has 0 aliphatic heterocycles. The largest absolute Gasteiger partial charge is 0.380 e. The van der Waals surface area contributed by atoms with Gasteiger partial charge in [-0.25, -0.2) is 8.78 Å². The summed E-state index contributed by atoms with van der Waals surface area (Å²) < 4.78 is 110. The van der Waals surface area contributed by atoms with Crippen LogP contribution < -0.4 is 0 Å². The van der Waals surface area contributed by atoms with Crippen molar-refractivity contribution in [1.29, 1.82) is 0 Å². The number of hydrogen-bond donors (Lipinski definition) is 0. The minimum absolute atomic E-state index is 0.0129. The first-order valence-corrected chi connectivity index (χ1v) is 8.09. The highest BCUT2D eigenvalue weighted by molar-refractivity contribution is 6.00. The second-order valence-electron chi connectivity index (χ2n) is 6.03. The molecule has 0 fully saturated rings. The lowest BCUT2D eigenvalue weighted by molar-refractivity contribution is -0.347. The Hall–Kier alpha value is -2.49. The third-order valence-corrected chi connectivity index (χ3v) is 3.98. The molecule has 0 N–H and O–H groups in total. The molecular weight excluding hydrogens is 412 g/mol. The Morgan fingerprint density at radius 3 is 1.79 bits per heavy atom. The summed E-state index contributed by atoms with van der Waals surface area (Å²) in [4.78, 5) is 12.6. The molecule has 2 rings (SSSR count). The van der Waals surface area contributed by atoms with Gasteiger partial charge in [0.05, 0.1) is 0 Å². The zero-order chi connectivity index (χ0) is 21.9. The number of rotatable bonds is 9. The van der Waals surface area contributed by atoms with Gasteiger partial charge in [0.1, 0.15) is 12.7 Å². The molecule has 10 heteroatoms. The lowest BCUT2D eigenvalue weighted by atomic mass is 9.99. The molecule has 29 heavy (non-hydrogen) atoms. The molecular formula is C19H14F8O2. The van der Waals surface area contributed by atoms with Gasteiger partial charge in [-0.15, -0.1) is 0 Å². The Balaban J connectivity index is 2.31. The first kappa shape index (κ1) is 22.8. The highest BCUT2D eigenvalue weighted by Gasteiger charge is 2.75.